The van der Waals surface area contributed by atoms with Crippen LogP contribution < -0.4 is 0 Å². The van der Waals surface area contributed by atoms with Gasteiger partial charge in [0, 0.05) is 16.7 Å². The van der Waals surface area contributed by atoms with Gasteiger partial charge in [-0.2, -0.15) is 0 Å². The maximum atomic E-state index is 12.6. The number of ketones is 1. The molecule has 0 spiro atoms. The predicted molar refractivity (Wildman–Crippen MR) is 76.3 cm³/mol. The fourth-order valence-corrected chi connectivity index (χ4v) is 2.90. The molecule has 0 unspecified atom stereocenters. The average Bonchev–Trinajstić information content (AvgIpc) is 2.84. The number of aliphatic hydroxyl groups excluding tert-OH is 1. The molecule has 2 aromatic carbocycles. The Kier molecular flexibility index (Phi) is 1.99. The van der Waals surface area contributed by atoms with E-state index in [1.165, 1.54) is 6.07 Å². The van der Waals surface area contributed by atoms with E-state index in [9.17, 15) is 15.0 Å². The summed E-state index contributed by atoms with van der Waals surface area (Å²) in [5.74, 6) is -0.302. The van der Waals surface area contributed by atoms with Crippen molar-refractivity contribution in [2.24, 2.45) is 0 Å². The summed E-state index contributed by atoms with van der Waals surface area (Å²) in [4.78, 5) is 12.6. The maximum absolute atomic E-state index is 12.6. The zero-order valence-electron chi connectivity index (χ0n) is 10.4. The third-order valence-electron chi connectivity index (χ3n) is 3.81. The van der Waals surface area contributed by atoms with Crippen LogP contribution in [0.4, 0.5) is 0 Å². The van der Waals surface area contributed by atoms with Gasteiger partial charge in [0.15, 0.2) is 5.78 Å². The Morgan fingerprint density at radius 1 is 0.850 bits per heavy atom. The highest BCUT2D eigenvalue weighted by Gasteiger charge is 2.35. The molecule has 3 heteroatoms. The van der Waals surface area contributed by atoms with Crippen molar-refractivity contribution in [2.75, 3.05) is 0 Å². The van der Waals surface area contributed by atoms with E-state index in [0.717, 1.165) is 11.1 Å². The third-order valence-corrected chi connectivity index (χ3v) is 3.81. The SMILES string of the molecule is O=C1C2=[13CH]c3ccccc3C2=C(O)c2cccc(O)c21. The summed E-state index contributed by atoms with van der Waals surface area (Å²) in [7, 11) is 0. The molecule has 20 heavy (non-hydrogen) atoms. The van der Waals surface area contributed by atoms with E-state index in [0.29, 0.717) is 16.7 Å². The summed E-state index contributed by atoms with van der Waals surface area (Å²) in [5, 5.41) is 20.4. The van der Waals surface area contributed by atoms with Gasteiger partial charge >= 0.3 is 0 Å². The minimum atomic E-state index is -0.248. The number of aromatic hydroxyl groups is 1. The first kappa shape index (κ1) is 11.1. The molecule has 0 fully saturated rings. The summed E-state index contributed by atoms with van der Waals surface area (Å²) < 4.78 is 0. The molecular weight excluding hydrogens is 253 g/mol. The van der Waals surface area contributed by atoms with E-state index in [2.05, 4.69) is 0 Å². The lowest BCUT2D eigenvalue weighted by atomic mass is 9.85. The van der Waals surface area contributed by atoms with Gasteiger partial charge in [-0.05, 0) is 23.3 Å². The zero-order valence-corrected chi connectivity index (χ0v) is 10.4. The van der Waals surface area contributed by atoms with E-state index in [1.807, 2.05) is 24.3 Å². The lowest BCUT2D eigenvalue weighted by Crippen LogP contribution is -2.13. The van der Waals surface area contributed by atoms with Gasteiger partial charge in [0.05, 0.1) is 5.56 Å². The quantitative estimate of drug-likeness (QED) is 0.716. The van der Waals surface area contributed by atoms with Crippen molar-refractivity contribution in [3.8, 4) is 5.75 Å². The Hall–Kier alpha value is -2.81. The van der Waals surface area contributed by atoms with Crippen LogP contribution in [-0.4, -0.2) is 16.0 Å². The van der Waals surface area contributed by atoms with E-state index in [-0.39, 0.29) is 22.9 Å². The first-order valence-electron chi connectivity index (χ1n) is 6.30. The molecule has 3 nitrogen and oxygen atoms in total. The van der Waals surface area contributed by atoms with Crippen molar-refractivity contribution < 1.29 is 15.0 Å². The van der Waals surface area contributed by atoms with E-state index >= 15 is 0 Å². The minimum absolute atomic E-state index is 0.0479. The average molecular weight is 263 g/mol. The minimum Gasteiger partial charge on any atom is -0.507 e. The number of fused-ring (bicyclic) bond motifs is 4. The largest absolute Gasteiger partial charge is 0.507 e. The number of Topliss-reactive ketones (excluding diaryl/α,β-unsaturated/α-hetero) is 1. The van der Waals surface area contributed by atoms with Crippen LogP contribution in [0.5, 0.6) is 5.75 Å². The lowest BCUT2D eigenvalue weighted by molar-refractivity contribution is 0.103. The first-order valence-corrected chi connectivity index (χ1v) is 6.30. The molecule has 0 heterocycles. The molecule has 0 radical (unpaired) electrons. The van der Waals surface area contributed by atoms with Crippen LogP contribution >= 0.6 is 0 Å². The Morgan fingerprint density at radius 3 is 2.45 bits per heavy atom. The number of allylic oxidation sites excluding steroid dienone is 2. The fourth-order valence-electron chi connectivity index (χ4n) is 2.90. The molecule has 0 atom stereocenters. The zero-order chi connectivity index (χ0) is 13.9. The number of phenols is 1. The second kappa shape index (κ2) is 3.61. The molecule has 0 amide bonds. The Balaban J connectivity index is 2.11. The van der Waals surface area contributed by atoms with Gasteiger partial charge in [0.2, 0.25) is 0 Å². The van der Waals surface area contributed by atoms with Crippen molar-refractivity contribution in [2.45, 2.75) is 0 Å². The summed E-state index contributed by atoms with van der Waals surface area (Å²) in [6.45, 7) is 0. The van der Waals surface area contributed by atoms with Gasteiger partial charge in [-0.1, -0.05) is 36.4 Å². The highest BCUT2D eigenvalue weighted by Crippen LogP contribution is 2.46. The molecule has 0 aromatic heterocycles. The summed E-state index contributed by atoms with van der Waals surface area (Å²) in [6, 6.07) is 12.3. The normalized spacial score (nSPS) is 15.6. The van der Waals surface area contributed by atoms with Gasteiger partial charge in [-0.3, -0.25) is 4.79 Å². The maximum Gasteiger partial charge on any atom is 0.198 e. The molecular formula is C17H10O3. The number of hydrogen-bond donors (Lipinski definition) is 2. The van der Waals surface area contributed by atoms with Crippen LogP contribution in [-0.2, 0) is 0 Å². The molecule has 0 bridgehead atoms. The van der Waals surface area contributed by atoms with Crippen LogP contribution in [0.1, 0.15) is 27.0 Å². The second-order valence-electron chi connectivity index (χ2n) is 4.90. The fraction of sp³-hybridized carbons (Fsp3) is 0. The molecule has 96 valence electrons. The first-order chi connectivity index (χ1) is 9.68. The monoisotopic (exact) mass is 263 g/mol. The summed E-state index contributed by atoms with van der Waals surface area (Å²) >= 11 is 0. The smallest absolute Gasteiger partial charge is 0.198 e. The predicted octanol–water partition coefficient (Wildman–Crippen LogP) is 3.41. The second-order valence-corrected chi connectivity index (χ2v) is 4.90. The number of benzene rings is 2. The molecule has 0 saturated carbocycles. The van der Waals surface area contributed by atoms with Crippen LogP contribution in [0, 0.1) is 0 Å². The number of rotatable bonds is 0. The van der Waals surface area contributed by atoms with Crippen LogP contribution in [0.3, 0.4) is 0 Å². The van der Waals surface area contributed by atoms with Crippen LogP contribution in [0.25, 0.3) is 17.4 Å². The van der Waals surface area contributed by atoms with Gasteiger partial charge in [0.25, 0.3) is 0 Å². The number of aliphatic hydroxyl groups is 1. The topological polar surface area (TPSA) is 57.5 Å². The Labute approximate surface area is 115 Å². The van der Waals surface area contributed by atoms with Gasteiger partial charge in [-0.25, -0.2) is 0 Å². The van der Waals surface area contributed by atoms with E-state index in [1.54, 1.807) is 18.2 Å². The van der Waals surface area contributed by atoms with E-state index < -0.39 is 0 Å². The molecule has 2 aromatic rings. The number of hydrogen-bond acceptors (Lipinski definition) is 3. The van der Waals surface area contributed by atoms with Gasteiger partial charge in [0.1, 0.15) is 11.5 Å². The Bertz CT molecular complexity index is 841. The van der Waals surface area contributed by atoms with Crippen molar-refractivity contribution >= 4 is 23.2 Å². The van der Waals surface area contributed by atoms with Crippen molar-refractivity contribution in [3.63, 3.8) is 0 Å². The van der Waals surface area contributed by atoms with Gasteiger partial charge in [-0.15, -0.1) is 0 Å². The van der Waals surface area contributed by atoms with Crippen LogP contribution in [0.2, 0.25) is 0 Å². The van der Waals surface area contributed by atoms with Crippen molar-refractivity contribution in [1.82, 2.24) is 0 Å². The van der Waals surface area contributed by atoms with Crippen molar-refractivity contribution in [3.05, 3.63) is 70.3 Å². The Morgan fingerprint density at radius 2 is 1.60 bits per heavy atom. The van der Waals surface area contributed by atoms with Crippen LogP contribution in [0.15, 0.2) is 48.0 Å². The molecule has 2 aliphatic carbocycles. The molecule has 4 rings (SSSR count). The highest BCUT2D eigenvalue weighted by molar-refractivity contribution is 6.32. The third kappa shape index (κ3) is 1.21. The highest BCUT2D eigenvalue weighted by atomic mass is 16.3. The number of carbonyl (C=O) groups is 1. The van der Waals surface area contributed by atoms with Crippen molar-refractivity contribution in [1.29, 1.82) is 0 Å². The molecule has 0 aliphatic heterocycles. The van der Waals surface area contributed by atoms with Gasteiger partial charge < -0.3 is 10.2 Å². The molecule has 2 aliphatic rings. The number of phenolic OH excluding ortho intramolecular Hbond substituents is 1. The summed E-state index contributed by atoms with van der Waals surface area (Å²) in [5.41, 5.74) is 3.32. The van der Waals surface area contributed by atoms with E-state index in [4.69, 9.17) is 0 Å². The summed E-state index contributed by atoms with van der Waals surface area (Å²) in [6.07, 6.45) is 1.76. The lowest BCUT2D eigenvalue weighted by Gasteiger charge is -2.19. The standard InChI is InChI=1S/C17H10O3/c18-13-7-3-6-11-15(13)17(20)12-8-9-4-1-2-5-10(9)14(12)16(11)19/h1-8,18-19H/i8+1. The molecule has 2 N–H and O–H groups in total. The molecule has 0 saturated heterocycles. The number of carbonyl (C=O) groups excluding carboxylic acids is 1.